The summed E-state index contributed by atoms with van der Waals surface area (Å²) < 4.78 is 0. The van der Waals surface area contributed by atoms with Gasteiger partial charge in [0.15, 0.2) is 0 Å². The van der Waals surface area contributed by atoms with Gasteiger partial charge in [0.2, 0.25) is 0 Å². The average molecular weight is 433 g/mol. The number of hydrogen-bond acceptors (Lipinski definition) is 3. The van der Waals surface area contributed by atoms with Crippen molar-refractivity contribution in [1.29, 1.82) is 0 Å². The Morgan fingerprint density at radius 2 is 1.59 bits per heavy atom. The Bertz CT molecular complexity index is 914. The van der Waals surface area contributed by atoms with Gasteiger partial charge in [0.05, 0.1) is 6.04 Å². The number of nitrogens with zero attached hydrogens (tertiary/aromatic N) is 2. The fourth-order valence-electron chi connectivity index (χ4n) is 6.19. The second kappa shape index (κ2) is 9.36. The average Bonchev–Trinajstić information content (AvgIpc) is 2.85. The summed E-state index contributed by atoms with van der Waals surface area (Å²) in [5, 5.41) is 11.5. The fourth-order valence-corrected chi connectivity index (χ4v) is 6.19. The number of carbonyl (C=O) groups excluding carboxylic acids is 1. The van der Waals surface area contributed by atoms with Crippen LogP contribution in [-0.2, 0) is 17.8 Å². The number of carbonyl (C=O) groups is 1. The third-order valence-corrected chi connectivity index (χ3v) is 8.02. The highest BCUT2D eigenvalue weighted by Gasteiger charge is 2.46. The summed E-state index contributed by atoms with van der Waals surface area (Å²) in [5.41, 5.74) is 2.77. The smallest absolute Gasteiger partial charge is 0.255 e. The Morgan fingerprint density at radius 3 is 2.34 bits per heavy atom. The molecule has 1 aliphatic carbocycles. The lowest BCUT2D eigenvalue weighted by atomic mass is 9.76. The van der Waals surface area contributed by atoms with Crippen LogP contribution in [0.1, 0.15) is 67.7 Å². The number of aliphatic hydroxyl groups is 1. The molecule has 2 aliphatic heterocycles. The van der Waals surface area contributed by atoms with E-state index in [1.807, 2.05) is 6.07 Å². The monoisotopic (exact) mass is 432 g/mol. The molecule has 1 saturated heterocycles. The van der Waals surface area contributed by atoms with Crippen molar-refractivity contribution >= 4 is 5.91 Å². The minimum absolute atomic E-state index is 0.0260. The van der Waals surface area contributed by atoms with E-state index in [9.17, 15) is 9.90 Å². The van der Waals surface area contributed by atoms with E-state index in [0.29, 0.717) is 18.8 Å². The molecule has 1 atom stereocenters. The van der Waals surface area contributed by atoms with Crippen molar-refractivity contribution in [3.05, 3.63) is 71.3 Å². The number of benzene rings is 2. The van der Waals surface area contributed by atoms with Crippen molar-refractivity contribution in [3.8, 4) is 0 Å². The first-order valence-corrected chi connectivity index (χ1v) is 12.5. The molecule has 1 N–H and O–H groups in total. The standard InChI is InChI=1S/C28H36N2O2/c31-27(28(32)16-19-29(20-17-28)21-22-9-3-1-4-10-22)30-18-15-23-11-7-8-14-25(23)26(30)24-12-5-2-6-13-24/h1,3-4,7-11,14,24,26,32H,2,5-6,12-13,15-21H2. The molecule has 1 unspecified atom stereocenters. The number of fused-ring (bicyclic) bond motifs is 1. The van der Waals surface area contributed by atoms with Crippen LogP contribution in [0.4, 0.5) is 0 Å². The Morgan fingerprint density at radius 1 is 0.906 bits per heavy atom. The lowest BCUT2D eigenvalue weighted by Crippen LogP contribution is -2.57. The maximum atomic E-state index is 13.9. The van der Waals surface area contributed by atoms with E-state index < -0.39 is 5.60 Å². The lowest BCUT2D eigenvalue weighted by Gasteiger charge is -2.47. The summed E-state index contributed by atoms with van der Waals surface area (Å²) in [6.07, 6.45) is 8.12. The quantitative estimate of drug-likeness (QED) is 0.760. The zero-order chi connectivity index (χ0) is 22.0. The van der Waals surface area contributed by atoms with E-state index in [4.69, 9.17) is 0 Å². The Labute approximate surface area is 192 Å². The maximum Gasteiger partial charge on any atom is 0.255 e. The number of piperidine rings is 1. The summed E-state index contributed by atoms with van der Waals surface area (Å²) in [7, 11) is 0. The Hall–Kier alpha value is -2.17. The highest BCUT2D eigenvalue weighted by molar-refractivity contribution is 5.86. The van der Waals surface area contributed by atoms with Gasteiger partial charge in [-0.3, -0.25) is 9.69 Å². The summed E-state index contributed by atoms with van der Waals surface area (Å²) in [5.74, 6) is 0.484. The maximum absolute atomic E-state index is 13.9. The van der Waals surface area contributed by atoms with Crippen molar-refractivity contribution in [2.45, 2.75) is 69.6 Å². The molecule has 170 valence electrons. The molecular formula is C28H36N2O2. The molecule has 0 aromatic heterocycles. The molecule has 2 fully saturated rings. The molecule has 1 saturated carbocycles. The zero-order valence-electron chi connectivity index (χ0n) is 19.1. The van der Waals surface area contributed by atoms with E-state index >= 15 is 0 Å². The molecule has 2 aromatic rings. The van der Waals surface area contributed by atoms with Crippen LogP contribution in [0.15, 0.2) is 54.6 Å². The van der Waals surface area contributed by atoms with Gasteiger partial charge in [0, 0.05) is 26.2 Å². The molecular weight excluding hydrogens is 396 g/mol. The van der Waals surface area contributed by atoms with Gasteiger partial charge in [-0.05, 0) is 54.7 Å². The molecule has 0 spiro atoms. The SMILES string of the molecule is O=C(N1CCc2ccccc2C1C1CCCCC1)C1(O)CCN(Cc2ccccc2)CC1. The minimum Gasteiger partial charge on any atom is -0.380 e. The molecule has 4 heteroatoms. The number of rotatable bonds is 4. The topological polar surface area (TPSA) is 43.8 Å². The summed E-state index contributed by atoms with van der Waals surface area (Å²) in [6, 6.07) is 19.3. The van der Waals surface area contributed by atoms with Crippen molar-refractivity contribution in [3.63, 3.8) is 0 Å². The van der Waals surface area contributed by atoms with Crippen LogP contribution < -0.4 is 0 Å². The van der Waals surface area contributed by atoms with Crippen LogP contribution in [0.2, 0.25) is 0 Å². The van der Waals surface area contributed by atoms with Gasteiger partial charge in [-0.2, -0.15) is 0 Å². The minimum atomic E-state index is -1.23. The summed E-state index contributed by atoms with van der Waals surface area (Å²) in [4.78, 5) is 18.3. The van der Waals surface area contributed by atoms with E-state index in [2.05, 4.69) is 58.3 Å². The second-order valence-electron chi connectivity index (χ2n) is 10.1. The molecule has 32 heavy (non-hydrogen) atoms. The predicted molar refractivity (Wildman–Crippen MR) is 127 cm³/mol. The second-order valence-corrected chi connectivity index (χ2v) is 10.1. The number of likely N-dealkylation sites (tertiary alicyclic amines) is 1. The van der Waals surface area contributed by atoms with Crippen molar-refractivity contribution in [2.75, 3.05) is 19.6 Å². The van der Waals surface area contributed by atoms with Gasteiger partial charge in [-0.15, -0.1) is 0 Å². The third kappa shape index (κ3) is 4.35. The summed E-state index contributed by atoms with van der Waals surface area (Å²) >= 11 is 0. The highest BCUT2D eigenvalue weighted by Crippen LogP contribution is 2.43. The van der Waals surface area contributed by atoms with Crippen LogP contribution in [-0.4, -0.2) is 46.0 Å². The van der Waals surface area contributed by atoms with Gasteiger partial charge < -0.3 is 10.0 Å². The van der Waals surface area contributed by atoms with Gasteiger partial charge in [0.1, 0.15) is 5.60 Å². The Balaban J connectivity index is 1.32. The van der Waals surface area contributed by atoms with Crippen molar-refractivity contribution in [1.82, 2.24) is 9.80 Å². The zero-order valence-corrected chi connectivity index (χ0v) is 19.1. The van der Waals surface area contributed by atoms with Crippen molar-refractivity contribution < 1.29 is 9.90 Å². The third-order valence-electron chi connectivity index (χ3n) is 8.02. The van der Waals surface area contributed by atoms with Crippen LogP contribution in [0.3, 0.4) is 0 Å². The number of hydrogen-bond donors (Lipinski definition) is 1. The van der Waals surface area contributed by atoms with Gasteiger partial charge in [-0.1, -0.05) is 73.9 Å². The molecule has 2 heterocycles. The van der Waals surface area contributed by atoms with E-state index in [0.717, 1.165) is 32.6 Å². The van der Waals surface area contributed by atoms with Crippen LogP contribution >= 0.6 is 0 Å². The molecule has 5 rings (SSSR count). The molecule has 3 aliphatic rings. The largest absolute Gasteiger partial charge is 0.380 e. The van der Waals surface area contributed by atoms with Gasteiger partial charge in [-0.25, -0.2) is 0 Å². The van der Waals surface area contributed by atoms with Gasteiger partial charge >= 0.3 is 0 Å². The van der Waals surface area contributed by atoms with Crippen molar-refractivity contribution in [2.24, 2.45) is 5.92 Å². The van der Waals surface area contributed by atoms with E-state index in [-0.39, 0.29) is 11.9 Å². The molecule has 2 aromatic carbocycles. The van der Waals surface area contributed by atoms with Crippen LogP contribution in [0.25, 0.3) is 0 Å². The first kappa shape index (κ1) is 21.7. The van der Waals surface area contributed by atoms with E-state index in [1.54, 1.807) is 0 Å². The molecule has 4 nitrogen and oxygen atoms in total. The molecule has 0 bridgehead atoms. The number of amides is 1. The highest BCUT2D eigenvalue weighted by atomic mass is 16.3. The normalized spacial score (nSPS) is 24.2. The van der Waals surface area contributed by atoms with Crippen LogP contribution in [0, 0.1) is 5.92 Å². The fraction of sp³-hybridized carbons (Fsp3) is 0.536. The van der Waals surface area contributed by atoms with Gasteiger partial charge in [0.25, 0.3) is 5.91 Å². The predicted octanol–water partition coefficient (Wildman–Crippen LogP) is 4.72. The first-order chi connectivity index (χ1) is 15.6. The lowest BCUT2D eigenvalue weighted by molar-refractivity contribution is -0.161. The summed E-state index contributed by atoms with van der Waals surface area (Å²) in [6.45, 7) is 3.13. The van der Waals surface area contributed by atoms with E-state index in [1.165, 1.54) is 48.8 Å². The van der Waals surface area contributed by atoms with Crippen LogP contribution in [0.5, 0.6) is 0 Å². The molecule has 1 amide bonds. The molecule has 0 radical (unpaired) electrons. The first-order valence-electron chi connectivity index (χ1n) is 12.5. The Kier molecular flexibility index (Phi) is 6.34.